The number of hydrogen-bond acceptors (Lipinski definition) is 3. The summed E-state index contributed by atoms with van der Waals surface area (Å²) in [6.45, 7) is 18.5. The van der Waals surface area contributed by atoms with Crippen molar-refractivity contribution in [2.45, 2.75) is 94.0 Å². The SMILES string of the molecule is CC.CC.CC.CC1(C)CCC(NC=O)CC1.Cc1cncnc1. The van der Waals surface area contributed by atoms with Crippen LogP contribution in [0.1, 0.15) is 86.6 Å². The average Bonchev–Trinajstić information content (AvgIpc) is 2.63. The van der Waals surface area contributed by atoms with Crippen LogP contribution < -0.4 is 5.32 Å². The summed E-state index contributed by atoms with van der Waals surface area (Å²) in [5.41, 5.74) is 1.60. The van der Waals surface area contributed by atoms with Gasteiger partial charge in [0.15, 0.2) is 0 Å². The highest BCUT2D eigenvalue weighted by molar-refractivity contribution is 5.46. The minimum atomic E-state index is 0.445. The normalized spacial score (nSPS) is 14.5. The van der Waals surface area contributed by atoms with Crippen LogP contribution in [0.5, 0.6) is 0 Å². The standard InChI is InChI=1S/C9H17NO.C5H6N2.3C2H6/c1-9(2)5-3-8(4-6-9)10-7-11;1-5-2-6-4-7-3-5;3*1-2/h7-8H,3-6H2,1-2H3,(H,10,11);2-4H,1H3;3*1-2H3. The zero-order valence-corrected chi connectivity index (χ0v) is 17.5. The lowest BCUT2D eigenvalue weighted by atomic mass is 9.76. The molecule has 1 aliphatic rings. The summed E-state index contributed by atoms with van der Waals surface area (Å²) in [4.78, 5) is 17.7. The maximum atomic E-state index is 10.1. The van der Waals surface area contributed by atoms with Crippen molar-refractivity contribution in [3.05, 3.63) is 24.3 Å². The molecule has 142 valence electrons. The third-order valence-corrected chi connectivity index (χ3v) is 3.33. The van der Waals surface area contributed by atoms with Gasteiger partial charge in [-0.05, 0) is 43.6 Å². The van der Waals surface area contributed by atoms with Gasteiger partial charge in [0.25, 0.3) is 0 Å². The van der Waals surface area contributed by atoms with E-state index in [0.717, 1.165) is 24.8 Å². The van der Waals surface area contributed by atoms with Gasteiger partial charge in [0.05, 0.1) is 0 Å². The highest BCUT2D eigenvalue weighted by Crippen LogP contribution is 2.34. The largest absolute Gasteiger partial charge is 0.356 e. The molecule has 0 radical (unpaired) electrons. The van der Waals surface area contributed by atoms with Crippen LogP contribution in [0.25, 0.3) is 0 Å². The summed E-state index contributed by atoms with van der Waals surface area (Å²) in [6, 6.07) is 0.445. The molecule has 0 aliphatic heterocycles. The van der Waals surface area contributed by atoms with E-state index >= 15 is 0 Å². The average molecular weight is 340 g/mol. The summed E-state index contributed by atoms with van der Waals surface area (Å²) in [5, 5.41) is 2.84. The van der Waals surface area contributed by atoms with Crippen molar-refractivity contribution in [3.63, 3.8) is 0 Å². The molecule has 1 N–H and O–H groups in total. The van der Waals surface area contributed by atoms with Crippen LogP contribution in [0.2, 0.25) is 0 Å². The van der Waals surface area contributed by atoms with Crippen LogP contribution in [-0.4, -0.2) is 22.4 Å². The molecule has 0 unspecified atom stereocenters. The number of hydrogen-bond donors (Lipinski definition) is 1. The quantitative estimate of drug-likeness (QED) is 0.717. The number of rotatable bonds is 2. The van der Waals surface area contributed by atoms with E-state index in [0.29, 0.717) is 11.5 Å². The maximum Gasteiger partial charge on any atom is 0.207 e. The Morgan fingerprint density at radius 3 is 1.71 bits per heavy atom. The number of nitrogens with zero attached hydrogens (tertiary/aromatic N) is 2. The summed E-state index contributed by atoms with van der Waals surface area (Å²) in [6.07, 6.45) is 10.6. The maximum absolute atomic E-state index is 10.1. The number of amides is 1. The summed E-state index contributed by atoms with van der Waals surface area (Å²) < 4.78 is 0. The third kappa shape index (κ3) is 16.9. The molecule has 0 saturated heterocycles. The van der Waals surface area contributed by atoms with E-state index in [1.54, 1.807) is 12.4 Å². The molecule has 4 nitrogen and oxygen atoms in total. The Morgan fingerprint density at radius 1 is 1.00 bits per heavy atom. The Hall–Kier alpha value is -1.45. The van der Waals surface area contributed by atoms with Gasteiger partial charge < -0.3 is 5.32 Å². The first-order valence-electron chi connectivity index (χ1n) is 9.45. The molecule has 1 fully saturated rings. The molecule has 2 rings (SSSR count). The van der Waals surface area contributed by atoms with E-state index in [4.69, 9.17) is 0 Å². The molecule has 0 spiro atoms. The summed E-state index contributed by atoms with van der Waals surface area (Å²) in [5.74, 6) is 0. The Labute approximate surface area is 150 Å². The zero-order valence-electron chi connectivity index (χ0n) is 17.5. The number of aromatic nitrogens is 2. The van der Waals surface area contributed by atoms with Crippen LogP contribution >= 0.6 is 0 Å². The molecule has 1 aromatic rings. The molecule has 0 bridgehead atoms. The van der Waals surface area contributed by atoms with Crippen LogP contribution in [0, 0.1) is 12.3 Å². The zero-order chi connectivity index (χ0) is 19.4. The van der Waals surface area contributed by atoms with Crippen LogP contribution in [-0.2, 0) is 4.79 Å². The van der Waals surface area contributed by atoms with Crippen LogP contribution in [0.15, 0.2) is 18.7 Å². The second-order valence-electron chi connectivity index (χ2n) is 5.64. The van der Waals surface area contributed by atoms with Crippen LogP contribution in [0.3, 0.4) is 0 Å². The molecule has 0 aromatic carbocycles. The van der Waals surface area contributed by atoms with Crippen molar-refractivity contribution in [3.8, 4) is 0 Å². The van der Waals surface area contributed by atoms with Crippen molar-refractivity contribution < 1.29 is 4.79 Å². The van der Waals surface area contributed by atoms with E-state index in [2.05, 4.69) is 29.1 Å². The van der Waals surface area contributed by atoms with Gasteiger partial charge in [0.1, 0.15) is 6.33 Å². The van der Waals surface area contributed by atoms with Gasteiger partial charge in [-0.25, -0.2) is 9.97 Å². The predicted octanol–water partition coefficient (Wildman–Crippen LogP) is 5.56. The first kappa shape index (κ1) is 27.4. The Kier molecular flexibility index (Phi) is 22.4. The molecular weight excluding hydrogens is 298 g/mol. The van der Waals surface area contributed by atoms with Crippen molar-refractivity contribution in [2.75, 3.05) is 0 Å². The van der Waals surface area contributed by atoms with Crippen LogP contribution in [0.4, 0.5) is 0 Å². The number of carbonyl (C=O) groups is 1. The van der Waals surface area contributed by atoms with Gasteiger partial charge in [-0.3, -0.25) is 4.79 Å². The lowest BCUT2D eigenvalue weighted by Crippen LogP contribution is -2.34. The fraction of sp³-hybridized carbons (Fsp3) is 0.750. The van der Waals surface area contributed by atoms with E-state index in [-0.39, 0.29) is 0 Å². The molecule has 1 amide bonds. The first-order chi connectivity index (χ1) is 11.5. The summed E-state index contributed by atoms with van der Waals surface area (Å²) in [7, 11) is 0. The van der Waals surface area contributed by atoms with E-state index in [9.17, 15) is 4.79 Å². The fourth-order valence-electron chi connectivity index (χ4n) is 2.04. The minimum Gasteiger partial charge on any atom is -0.356 e. The lowest BCUT2D eigenvalue weighted by Gasteiger charge is -2.33. The van der Waals surface area contributed by atoms with Gasteiger partial charge in [0.2, 0.25) is 6.41 Å². The minimum absolute atomic E-state index is 0.445. The monoisotopic (exact) mass is 339 g/mol. The third-order valence-electron chi connectivity index (χ3n) is 3.33. The van der Waals surface area contributed by atoms with E-state index < -0.39 is 0 Å². The molecule has 1 aromatic heterocycles. The topological polar surface area (TPSA) is 54.9 Å². The number of nitrogens with one attached hydrogen (secondary N) is 1. The number of carbonyl (C=O) groups excluding carboxylic acids is 1. The molecular formula is C20H41N3O. The van der Waals surface area contributed by atoms with Crippen molar-refractivity contribution in [1.29, 1.82) is 0 Å². The molecule has 4 heteroatoms. The van der Waals surface area contributed by atoms with Crippen molar-refractivity contribution in [1.82, 2.24) is 15.3 Å². The van der Waals surface area contributed by atoms with E-state index in [1.807, 2.05) is 48.5 Å². The fourth-order valence-corrected chi connectivity index (χ4v) is 2.04. The highest BCUT2D eigenvalue weighted by Gasteiger charge is 2.26. The van der Waals surface area contributed by atoms with Crippen molar-refractivity contribution >= 4 is 6.41 Å². The van der Waals surface area contributed by atoms with Gasteiger partial charge in [-0.1, -0.05) is 55.4 Å². The molecule has 24 heavy (non-hydrogen) atoms. The van der Waals surface area contributed by atoms with Gasteiger partial charge in [0, 0.05) is 18.4 Å². The molecule has 1 heterocycles. The Bertz CT molecular complexity index is 343. The molecule has 1 saturated carbocycles. The van der Waals surface area contributed by atoms with Gasteiger partial charge in [-0.15, -0.1) is 0 Å². The second kappa shape index (κ2) is 19.6. The highest BCUT2D eigenvalue weighted by atomic mass is 16.1. The van der Waals surface area contributed by atoms with Gasteiger partial charge >= 0.3 is 0 Å². The first-order valence-corrected chi connectivity index (χ1v) is 9.45. The Balaban J connectivity index is -0.000000293. The van der Waals surface area contributed by atoms with Gasteiger partial charge in [-0.2, -0.15) is 0 Å². The van der Waals surface area contributed by atoms with E-state index in [1.165, 1.54) is 19.2 Å². The molecule has 0 atom stereocenters. The number of aryl methyl sites for hydroxylation is 1. The molecule has 1 aliphatic carbocycles. The lowest BCUT2D eigenvalue weighted by molar-refractivity contribution is -0.110. The second-order valence-corrected chi connectivity index (χ2v) is 5.64. The Morgan fingerprint density at radius 2 is 1.42 bits per heavy atom. The smallest absolute Gasteiger partial charge is 0.207 e. The van der Waals surface area contributed by atoms with Crippen molar-refractivity contribution in [2.24, 2.45) is 5.41 Å². The summed E-state index contributed by atoms with van der Waals surface area (Å²) >= 11 is 0. The predicted molar refractivity (Wildman–Crippen MR) is 106 cm³/mol.